The Bertz CT molecular complexity index is 591. The molecule has 1 aromatic rings. The van der Waals surface area contributed by atoms with Crippen molar-refractivity contribution in [2.45, 2.75) is 32.7 Å². The smallest absolute Gasteiger partial charge is 0.271 e. The molecule has 2 unspecified atom stereocenters. The molecule has 7 heteroatoms. The van der Waals surface area contributed by atoms with Crippen molar-refractivity contribution >= 4 is 28.9 Å². The van der Waals surface area contributed by atoms with Crippen molar-refractivity contribution in [3.05, 3.63) is 32.8 Å². The fourth-order valence-corrected chi connectivity index (χ4v) is 2.83. The zero-order valence-corrected chi connectivity index (χ0v) is 12.8. The molecule has 2 N–H and O–H groups in total. The van der Waals surface area contributed by atoms with Crippen LogP contribution < -0.4 is 5.73 Å². The Kier molecular flexibility index (Phi) is 4.37. The number of rotatable bonds is 2. The van der Waals surface area contributed by atoms with E-state index in [2.05, 4.69) is 6.92 Å². The maximum Gasteiger partial charge on any atom is 0.271 e. The van der Waals surface area contributed by atoms with Gasteiger partial charge in [0.05, 0.1) is 21.2 Å². The molecule has 6 nitrogen and oxygen atoms in total. The van der Waals surface area contributed by atoms with Crippen LogP contribution in [-0.2, 0) is 0 Å². The number of carbonyl (C=O) groups excluding carboxylic acids is 1. The van der Waals surface area contributed by atoms with E-state index in [4.69, 9.17) is 17.3 Å². The van der Waals surface area contributed by atoms with Crippen molar-refractivity contribution < 1.29 is 9.72 Å². The molecule has 2 atom stereocenters. The summed E-state index contributed by atoms with van der Waals surface area (Å²) in [6.45, 7) is 4.68. The summed E-state index contributed by atoms with van der Waals surface area (Å²) in [5.41, 5.74) is 5.81. The van der Waals surface area contributed by atoms with E-state index in [1.807, 2.05) is 6.92 Å². The highest BCUT2D eigenvalue weighted by molar-refractivity contribution is 6.34. The molecule has 1 aliphatic heterocycles. The number of likely N-dealkylation sites (tertiary alicyclic amines) is 1. The number of nitro groups is 1. The van der Waals surface area contributed by atoms with Crippen LogP contribution in [0, 0.1) is 16.0 Å². The Morgan fingerprint density at radius 2 is 2.10 bits per heavy atom. The lowest BCUT2D eigenvalue weighted by Crippen LogP contribution is -2.45. The maximum atomic E-state index is 12.7. The minimum Gasteiger partial charge on any atom is -0.397 e. The van der Waals surface area contributed by atoms with E-state index >= 15 is 0 Å². The fourth-order valence-electron chi connectivity index (χ4n) is 2.61. The largest absolute Gasteiger partial charge is 0.397 e. The van der Waals surface area contributed by atoms with E-state index in [0.29, 0.717) is 12.5 Å². The molecule has 1 aliphatic rings. The molecule has 21 heavy (non-hydrogen) atoms. The Balaban J connectivity index is 2.40. The summed E-state index contributed by atoms with van der Waals surface area (Å²) >= 11 is 5.91. The van der Waals surface area contributed by atoms with Gasteiger partial charge < -0.3 is 10.6 Å². The second kappa shape index (κ2) is 5.89. The van der Waals surface area contributed by atoms with E-state index in [-0.39, 0.29) is 33.9 Å². The lowest BCUT2D eigenvalue weighted by molar-refractivity contribution is -0.384. The minimum atomic E-state index is -0.579. The molecule has 0 bridgehead atoms. The molecule has 1 amide bonds. The predicted octanol–water partition coefficient (Wildman–Crippen LogP) is 3.09. The van der Waals surface area contributed by atoms with Crippen LogP contribution in [0.15, 0.2) is 12.1 Å². The molecule has 0 aromatic heterocycles. The van der Waals surface area contributed by atoms with Gasteiger partial charge in [-0.2, -0.15) is 0 Å². The first-order chi connectivity index (χ1) is 9.81. The van der Waals surface area contributed by atoms with Crippen molar-refractivity contribution in [1.82, 2.24) is 4.90 Å². The van der Waals surface area contributed by atoms with Crippen LogP contribution >= 0.6 is 11.6 Å². The fraction of sp³-hybridized carbons (Fsp3) is 0.500. The van der Waals surface area contributed by atoms with Gasteiger partial charge in [0.25, 0.3) is 11.6 Å². The number of piperidine rings is 1. The van der Waals surface area contributed by atoms with Crippen LogP contribution in [0.2, 0.25) is 5.02 Å². The van der Waals surface area contributed by atoms with Gasteiger partial charge in [-0.1, -0.05) is 18.5 Å². The zero-order valence-electron chi connectivity index (χ0n) is 12.0. The van der Waals surface area contributed by atoms with Crippen molar-refractivity contribution in [1.29, 1.82) is 0 Å². The summed E-state index contributed by atoms with van der Waals surface area (Å²) in [6.07, 6.45) is 1.98. The van der Waals surface area contributed by atoms with Crippen LogP contribution in [0.25, 0.3) is 0 Å². The maximum absolute atomic E-state index is 12.7. The second-order valence-electron chi connectivity index (χ2n) is 5.63. The van der Waals surface area contributed by atoms with E-state index < -0.39 is 4.92 Å². The lowest BCUT2D eigenvalue weighted by Gasteiger charge is -2.37. The minimum absolute atomic E-state index is 0.0326. The topological polar surface area (TPSA) is 89.5 Å². The highest BCUT2D eigenvalue weighted by Crippen LogP contribution is 2.31. The summed E-state index contributed by atoms with van der Waals surface area (Å²) in [4.78, 5) is 24.7. The van der Waals surface area contributed by atoms with Crippen molar-refractivity contribution in [3.8, 4) is 0 Å². The molecule has 1 fully saturated rings. The molecule has 1 heterocycles. The van der Waals surface area contributed by atoms with Gasteiger partial charge in [-0.3, -0.25) is 14.9 Å². The first-order valence-electron chi connectivity index (χ1n) is 6.85. The third-order valence-electron chi connectivity index (χ3n) is 3.93. The molecular weight excluding hydrogens is 294 g/mol. The van der Waals surface area contributed by atoms with Crippen molar-refractivity contribution in [3.63, 3.8) is 0 Å². The van der Waals surface area contributed by atoms with Crippen LogP contribution in [-0.4, -0.2) is 28.3 Å². The lowest BCUT2D eigenvalue weighted by atomic mass is 9.94. The molecule has 2 rings (SSSR count). The van der Waals surface area contributed by atoms with Gasteiger partial charge in [0.15, 0.2) is 0 Å². The first kappa shape index (κ1) is 15.6. The Hall–Kier alpha value is -1.82. The van der Waals surface area contributed by atoms with Gasteiger partial charge in [0, 0.05) is 24.7 Å². The van der Waals surface area contributed by atoms with E-state index in [1.165, 1.54) is 6.07 Å². The summed E-state index contributed by atoms with van der Waals surface area (Å²) in [6, 6.07) is 2.46. The number of hydrogen-bond acceptors (Lipinski definition) is 4. The van der Waals surface area contributed by atoms with Gasteiger partial charge in [0.1, 0.15) is 0 Å². The SMILES string of the molecule is CC1CCC(C)N(C(=O)c2cc([N+](=O)[O-])cc(Cl)c2N)C1. The highest BCUT2D eigenvalue weighted by Gasteiger charge is 2.30. The van der Waals surface area contributed by atoms with Gasteiger partial charge in [-0.15, -0.1) is 0 Å². The number of carbonyl (C=O) groups is 1. The van der Waals surface area contributed by atoms with E-state index in [0.717, 1.165) is 18.9 Å². The third kappa shape index (κ3) is 3.10. The summed E-state index contributed by atoms with van der Waals surface area (Å²) in [5.74, 6) is 0.109. The first-order valence-corrected chi connectivity index (χ1v) is 7.23. The molecule has 0 spiro atoms. The van der Waals surface area contributed by atoms with Crippen molar-refractivity contribution in [2.75, 3.05) is 12.3 Å². The predicted molar refractivity (Wildman–Crippen MR) is 81.4 cm³/mol. The van der Waals surface area contributed by atoms with Crippen LogP contribution in [0.1, 0.15) is 37.0 Å². The van der Waals surface area contributed by atoms with Gasteiger partial charge in [0.2, 0.25) is 0 Å². The third-order valence-corrected chi connectivity index (χ3v) is 4.25. The molecule has 114 valence electrons. The van der Waals surface area contributed by atoms with Crippen LogP contribution in [0.4, 0.5) is 11.4 Å². The number of hydrogen-bond donors (Lipinski definition) is 1. The number of anilines is 1. The Labute approximate surface area is 128 Å². The quantitative estimate of drug-likeness (QED) is 0.516. The molecule has 0 saturated carbocycles. The molecule has 1 saturated heterocycles. The van der Waals surface area contributed by atoms with Gasteiger partial charge >= 0.3 is 0 Å². The average molecular weight is 312 g/mol. The molecule has 0 aliphatic carbocycles. The summed E-state index contributed by atoms with van der Waals surface area (Å²) in [5, 5.41) is 10.9. The number of nitrogen functional groups attached to an aromatic ring is 1. The number of halogens is 1. The number of nitro benzene ring substituents is 1. The van der Waals surface area contributed by atoms with Gasteiger partial charge in [-0.25, -0.2) is 0 Å². The van der Waals surface area contributed by atoms with Crippen LogP contribution in [0.3, 0.4) is 0 Å². The summed E-state index contributed by atoms with van der Waals surface area (Å²) < 4.78 is 0. The number of nitrogens with zero attached hydrogens (tertiary/aromatic N) is 2. The Morgan fingerprint density at radius 1 is 1.43 bits per heavy atom. The Morgan fingerprint density at radius 3 is 2.71 bits per heavy atom. The number of benzene rings is 1. The van der Waals surface area contributed by atoms with E-state index in [1.54, 1.807) is 4.90 Å². The van der Waals surface area contributed by atoms with E-state index in [9.17, 15) is 14.9 Å². The normalized spacial score (nSPS) is 22.1. The standard InChI is InChI=1S/C14H18ClN3O3/c1-8-3-4-9(2)17(7-8)14(19)11-5-10(18(20)21)6-12(15)13(11)16/h5-6,8-9H,3-4,7,16H2,1-2H3. The van der Waals surface area contributed by atoms with Crippen LogP contribution in [0.5, 0.6) is 0 Å². The monoisotopic (exact) mass is 311 g/mol. The zero-order chi connectivity index (χ0) is 15.7. The number of non-ortho nitro benzene ring substituents is 1. The highest BCUT2D eigenvalue weighted by atomic mass is 35.5. The van der Waals surface area contributed by atoms with Gasteiger partial charge in [-0.05, 0) is 25.7 Å². The average Bonchev–Trinajstić information content (AvgIpc) is 2.43. The number of nitrogens with two attached hydrogens (primary N) is 1. The molecule has 0 radical (unpaired) electrons. The molecule has 1 aromatic carbocycles. The number of amides is 1. The van der Waals surface area contributed by atoms with Crippen molar-refractivity contribution in [2.24, 2.45) is 5.92 Å². The summed E-state index contributed by atoms with van der Waals surface area (Å²) in [7, 11) is 0. The second-order valence-corrected chi connectivity index (χ2v) is 6.04. The molecular formula is C14H18ClN3O3.